The minimum absolute atomic E-state index is 0.151. The van der Waals surface area contributed by atoms with Gasteiger partial charge in [0.15, 0.2) is 5.13 Å². The number of benzene rings is 1. The average Bonchev–Trinajstić information content (AvgIpc) is 3.27. The van der Waals surface area contributed by atoms with Crippen molar-refractivity contribution in [2.45, 2.75) is 0 Å². The molecule has 1 amide bonds. The van der Waals surface area contributed by atoms with Crippen LogP contribution in [0, 0.1) is 0 Å². The van der Waals surface area contributed by atoms with Crippen LogP contribution >= 0.6 is 34.0 Å². The average molecular weight is 343 g/mol. The van der Waals surface area contributed by atoms with Gasteiger partial charge in [-0.15, -0.1) is 34.0 Å². The zero-order valence-electron chi connectivity index (χ0n) is 11.1. The largest absolute Gasteiger partial charge is 0.298 e. The summed E-state index contributed by atoms with van der Waals surface area (Å²) in [4.78, 5) is 22.1. The number of carbonyl (C=O) groups is 1. The molecule has 22 heavy (non-hydrogen) atoms. The molecule has 108 valence electrons. The second-order valence-electron chi connectivity index (χ2n) is 4.50. The van der Waals surface area contributed by atoms with Crippen LogP contribution in [0.3, 0.4) is 0 Å². The van der Waals surface area contributed by atoms with E-state index in [2.05, 4.69) is 15.3 Å². The van der Waals surface area contributed by atoms with Crippen LogP contribution in [-0.2, 0) is 0 Å². The fourth-order valence-electron chi connectivity index (χ4n) is 2.03. The number of nitrogens with zero attached hydrogens (tertiary/aromatic N) is 2. The lowest BCUT2D eigenvalue weighted by atomic mass is 10.2. The van der Waals surface area contributed by atoms with Crippen molar-refractivity contribution in [3.05, 3.63) is 52.2 Å². The second kappa shape index (κ2) is 5.60. The molecule has 3 aromatic heterocycles. The smallest absolute Gasteiger partial charge is 0.257 e. The molecule has 0 atom stereocenters. The molecule has 7 heteroatoms. The third kappa shape index (κ3) is 2.54. The molecule has 0 saturated carbocycles. The van der Waals surface area contributed by atoms with Crippen molar-refractivity contribution in [1.29, 1.82) is 0 Å². The predicted molar refractivity (Wildman–Crippen MR) is 93.0 cm³/mol. The number of carbonyl (C=O) groups excluding carboxylic acids is 1. The van der Waals surface area contributed by atoms with Gasteiger partial charge >= 0.3 is 0 Å². The Labute approximate surface area is 138 Å². The van der Waals surface area contributed by atoms with E-state index in [9.17, 15) is 4.79 Å². The highest BCUT2D eigenvalue weighted by atomic mass is 32.1. The van der Waals surface area contributed by atoms with E-state index in [0.29, 0.717) is 10.7 Å². The normalized spacial score (nSPS) is 10.9. The van der Waals surface area contributed by atoms with Gasteiger partial charge in [0.1, 0.15) is 0 Å². The number of thiazole rings is 2. The van der Waals surface area contributed by atoms with Crippen LogP contribution in [-0.4, -0.2) is 15.9 Å². The number of hydrogen-bond acceptors (Lipinski definition) is 6. The zero-order valence-corrected chi connectivity index (χ0v) is 13.6. The quantitative estimate of drug-likeness (QED) is 0.585. The van der Waals surface area contributed by atoms with E-state index in [0.717, 1.165) is 20.8 Å². The van der Waals surface area contributed by atoms with Gasteiger partial charge in [-0.1, -0.05) is 6.07 Å². The maximum Gasteiger partial charge on any atom is 0.257 e. The van der Waals surface area contributed by atoms with Gasteiger partial charge in [-0.25, -0.2) is 9.97 Å². The molecular weight excluding hydrogens is 334 g/mol. The Kier molecular flexibility index (Phi) is 3.45. The summed E-state index contributed by atoms with van der Waals surface area (Å²) in [6.45, 7) is 0. The maximum absolute atomic E-state index is 12.3. The third-order valence-electron chi connectivity index (χ3n) is 3.09. The Morgan fingerprint density at radius 2 is 2.09 bits per heavy atom. The van der Waals surface area contributed by atoms with Crippen LogP contribution in [0.5, 0.6) is 0 Å². The molecule has 0 spiro atoms. The van der Waals surface area contributed by atoms with Crippen LogP contribution in [0.2, 0.25) is 0 Å². The van der Waals surface area contributed by atoms with E-state index in [-0.39, 0.29) is 5.91 Å². The molecule has 3 heterocycles. The first-order valence-electron chi connectivity index (χ1n) is 6.43. The van der Waals surface area contributed by atoms with Gasteiger partial charge in [-0.3, -0.25) is 10.1 Å². The second-order valence-corrected chi connectivity index (χ2v) is 7.20. The molecule has 4 rings (SSSR count). The van der Waals surface area contributed by atoms with E-state index in [1.165, 1.54) is 22.7 Å². The lowest BCUT2D eigenvalue weighted by Gasteiger charge is -2.01. The number of thiophene rings is 1. The topological polar surface area (TPSA) is 54.9 Å². The minimum atomic E-state index is -0.151. The molecule has 0 unspecified atom stereocenters. The van der Waals surface area contributed by atoms with E-state index in [1.807, 2.05) is 35.0 Å². The minimum Gasteiger partial charge on any atom is -0.298 e. The van der Waals surface area contributed by atoms with Crippen LogP contribution in [0.25, 0.3) is 20.8 Å². The Morgan fingerprint density at radius 3 is 2.95 bits per heavy atom. The van der Waals surface area contributed by atoms with Crippen molar-refractivity contribution in [2.24, 2.45) is 0 Å². The van der Waals surface area contributed by atoms with Gasteiger partial charge in [-0.05, 0) is 29.6 Å². The van der Waals surface area contributed by atoms with Gasteiger partial charge in [0.2, 0.25) is 0 Å². The molecule has 0 bridgehead atoms. The number of aromatic nitrogens is 2. The number of anilines is 1. The zero-order chi connectivity index (χ0) is 14.9. The molecular formula is C15H9N3OS3. The van der Waals surface area contributed by atoms with E-state index in [4.69, 9.17) is 0 Å². The molecule has 0 aliphatic rings. The molecule has 0 radical (unpaired) electrons. The van der Waals surface area contributed by atoms with E-state index >= 15 is 0 Å². The fraction of sp³-hybridized carbons (Fsp3) is 0. The number of fused-ring (bicyclic) bond motifs is 1. The first kappa shape index (κ1) is 13.6. The molecule has 0 aliphatic carbocycles. The molecule has 1 N–H and O–H groups in total. The molecule has 1 aromatic carbocycles. The summed E-state index contributed by atoms with van der Waals surface area (Å²) < 4.78 is 1.01. The number of rotatable bonds is 3. The molecule has 0 saturated heterocycles. The molecule has 0 fully saturated rings. The van der Waals surface area contributed by atoms with E-state index in [1.54, 1.807) is 22.9 Å². The lowest BCUT2D eigenvalue weighted by molar-refractivity contribution is 0.102. The number of amides is 1. The lowest BCUT2D eigenvalue weighted by Crippen LogP contribution is -2.11. The van der Waals surface area contributed by atoms with Crippen molar-refractivity contribution in [3.63, 3.8) is 0 Å². The van der Waals surface area contributed by atoms with Gasteiger partial charge in [0.05, 0.1) is 26.3 Å². The Morgan fingerprint density at radius 1 is 1.14 bits per heavy atom. The summed E-state index contributed by atoms with van der Waals surface area (Å²) in [6.07, 6.45) is 0. The highest BCUT2D eigenvalue weighted by molar-refractivity contribution is 7.17. The summed E-state index contributed by atoms with van der Waals surface area (Å²) in [7, 11) is 0. The van der Waals surface area contributed by atoms with Crippen molar-refractivity contribution in [3.8, 4) is 10.6 Å². The monoisotopic (exact) mass is 343 g/mol. The molecule has 0 aliphatic heterocycles. The van der Waals surface area contributed by atoms with Crippen molar-refractivity contribution in [2.75, 3.05) is 5.32 Å². The van der Waals surface area contributed by atoms with Crippen LogP contribution in [0.4, 0.5) is 5.13 Å². The molecule has 4 aromatic rings. The first-order valence-corrected chi connectivity index (χ1v) is 9.07. The summed E-state index contributed by atoms with van der Waals surface area (Å²) in [5.41, 5.74) is 4.20. The Bertz CT molecular complexity index is 940. The fourth-order valence-corrected chi connectivity index (χ4v) is 4.22. The standard InChI is InChI=1S/C15H9N3OS3/c19-14(9-3-4-10-13(6-9)22-8-16-10)18-15-17-11(7-21-15)12-2-1-5-20-12/h1-8H,(H,17,18,19). The van der Waals surface area contributed by atoms with Crippen molar-refractivity contribution in [1.82, 2.24) is 9.97 Å². The predicted octanol–water partition coefficient (Wildman–Crippen LogP) is 4.73. The summed E-state index contributed by atoms with van der Waals surface area (Å²) in [5.74, 6) is -0.151. The van der Waals surface area contributed by atoms with E-state index < -0.39 is 0 Å². The van der Waals surface area contributed by atoms with Crippen LogP contribution in [0.1, 0.15) is 10.4 Å². The van der Waals surface area contributed by atoms with Gasteiger partial charge in [0, 0.05) is 10.9 Å². The van der Waals surface area contributed by atoms with Crippen LogP contribution < -0.4 is 5.32 Å². The van der Waals surface area contributed by atoms with Gasteiger partial charge in [0.25, 0.3) is 5.91 Å². The Hall–Kier alpha value is -2.09. The van der Waals surface area contributed by atoms with Crippen molar-refractivity contribution >= 4 is 55.3 Å². The Balaban J connectivity index is 1.56. The molecule has 4 nitrogen and oxygen atoms in total. The highest BCUT2D eigenvalue weighted by Gasteiger charge is 2.11. The number of nitrogens with one attached hydrogen (secondary N) is 1. The van der Waals surface area contributed by atoms with Crippen molar-refractivity contribution < 1.29 is 4.79 Å². The van der Waals surface area contributed by atoms with Gasteiger partial charge in [-0.2, -0.15) is 0 Å². The number of hydrogen-bond donors (Lipinski definition) is 1. The third-order valence-corrected chi connectivity index (χ3v) is 5.53. The van der Waals surface area contributed by atoms with Gasteiger partial charge < -0.3 is 0 Å². The van der Waals surface area contributed by atoms with Crippen LogP contribution in [0.15, 0.2) is 46.6 Å². The SMILES string of the molecule is O=C(Nc1nc(-c2cccs2)cs1)c1ccc2ncsc2c1. The highest BCUT2D eigenvalue weighted by Crippen LogP contribution is 2.28. The maximum atomic E-state index is 12.3. The first-order chi connectivity index (χ1) is 10.8. The summed E-state index contributed by atoms with van der Waals surface area (Å²) in [5, 5.41) is 7.43. The summed E-state index contributed by atoms with van der Waals surface area (Å²) >= 11 is 4.59. The summed E-state index contributed by atoms with van der Waals surface area (Å²) in [6, 6.07) is 9.51.